The zero-order valence-corrected chi connectivity index (χ0v) is 12.1. The highest BCUT2D eigenvalue weighted by molar-refractivity contribution is 7.09. The zero-order chi connectivity index (χ0) is 13.9. The van der Waals surface area contributed by atoms with E-state index >= 15 is 0 Å². The fourth-order valence-corrected chi connectivity index (χ4v) is 3.16. The number of aromatic nitrogens is 1. The van der Waals surface area contributed by atoms with Gasteiger partial charge in [0.2, 0.25) is 0 Å². The summed E-state index contributed by atoms with van der Waals surface area (Å²) >= 11 is 1.59. The van der Waals surface area contributed by atoms with E-state index in [0.717, 1.165) is 34.1 Å². The first-order chi connectivity index (χ1) is 9.79. The molecular formula is C14H17N3O2S. The van der Waals surface area contributed by atoms with Crippen LogP contribution < -0.4 is 20.7 Å². The third-order valence-corrected chi connectivity index (χ3v) is 4.31. The summed E-state index contributed by atoms with van der Waals surface area (Å²) in [4.78, 5) is 5.39. The Labute approximate surface area is 121 Å². The summed E-state index contributed by atoms with van der Waals surface area (Å²) in [6, 6.07) is 5.86. The van der Waals surface area contributed by atoms with Crippen molar-refractivity contribution in [2.45, 2.75) is 19.4 Å². The normalized spacial score (nSPS) is 15.7. The molecule has 6 heteroatoms. The van der Waals surface area contributed by atoms with Gasteiger partial charge in [-0.25, -0.2) is 10.4 Å². The van der Waals surface area contributed by atoms with Gasteiger partial charge in [-0.05, 0) is 24.6 Å². The molecule has 0 saturated carbocycles. The number of hydrazine groups is 1. The first-order valence-electron chi connectivity index (χ1n) is 6.55. The molecular weight excluding hydrogens is 274 g/mol. The maximum absolute atomic E-state index is 5.73. The number of nitrogens with zero attached hydrogens (tertiary/aromatic N) is 1. The Morgan fingerprint density at radius 1 is 1.30 bits per heavy atom. The van der Waals surface area contributed by atoms with Crippen molar-refractivity contribution in [2.24, 2.45) is 5.84 Å². The maximum atomic E-state index is 5.73. The van der Waals surface area contributed by atoms with Crippen LogP contribution in [0.15, 0.2) is 23.7 Å². The molecule has 0 spiro atoms. The van der Waals surface area contributed by atoms with E-state index in [1.807, 2.05) is 30.6 Å². The second-order valence-corrected chi connectivity index (χ2v) is 5.54. The molecule has 0 bridgehead atoms. The molecule has 1 aromatic heterocycles. The fraction of sp³-hybridized carbons (Fsp3) is 0.357. The van der Waals surface area contributed by atoms with Crippen LogP contribution >= 0.6 is 11.3 Å². The van der Waals surface area contributed by atoms with Gasteiger partial charge in [-0.1, -0.05) is 6.07 Å². The van der Waals surface area contributed by atoms with E-state index < -0.39 is 0 Å². The molecule has 3 N–H and O–H groups in total. The Morgan fingerprint density at radius 3 is 2.80 bits per heavy atom. The molecule has 2 heterocycles. The van der Waals surface area contributed by atoms with Gasteiger partial charge in [0.1, 0.15) is 0 Å². The van der Waals surface area contributed by atoms with E-state index in [1.165, 1.54) is 0 Å². The Hall–Kier alpha value is -1.63. The van der Waals surface area contributed by atoms with Crippen molar-refractivity contribution in [2.75, 3.05) is 13.2 Å². The molecule has 3 rings (SSSR count). The topological polar surface area (TPSA) is 69.4 Å². The predicted octanol–water partition coefficient (Wildman–Crippen LogP) is 2.17. The lowest BCUT2D eigenvalue weighted by atomic mass is 10.0. The van der Waals surface area contributed by atoms with E-state index in [2.05, 4.69) is 10.4 Å². The van der Waals surface area contributed by atoms with E-state index in [1.54, 1.807) is 11.3 Å². The van der Waals surface area contributed by atoms with E-state index in [9.17, 15) is 0 Å². The van der Waals surface area contributed by atoms with Gasteiger partial charge in [-0.2, -0.15) is 0 Å². The van der Waals surface area contributed by atoms with Crippen LogP contribution in [0.5, 0.6) is 11.5 Å². The summed E-state index contributed by atoms with van der Waals surface area (Å²) in [6.45, 7) is 3.36. The Morgan fingerprint density at radius 2 is 2.10 bits per heavy atom. The molecule has 1 atom stereocenters. The number of ether oxygens (including phenoxy) is 2. The van der Waals surface area contributed by atoms with Crippen LogP contribution in [-0.4, -0.2) is 18.2 Å². The molecule has 1 aromatic carbocycles. The highest BCUT2D eigenvalue weighted by atomic mass is 32.1. The van der Waals surface area contributed by atoms with Crippen LogP contribution in [-0.2, 0) is 0 Å². The van der Waals surface area contributed by atoms with Crippen LogP contribution in [0.2, 0.25) is 0 Å². The molecule has 1 aliphatic rings. The first kappa shape index (κ1) is 13.4. The molecule has 2 aromatic rings. The van der Waals surface area contributed by atoms with Crippen molar-refractivity contribution in [3.05, 3.63) is 39.8 Å². The van der Waals surface area contributed by atoms with E-state index in [-0.39, 0.29) is 6.04 Å². The minimum absolute atomic E-state index is 0.0837. The zero-order valence-electron chi connectivity index (χ0n) is 11.3. The van der Waals surface area contributed by atoms with Crippen molar-refractivity contribution >= 4 is 11.3 Å². The molecule has 0 aliphatic carbocycles. The standard InChI is InChI=1S/C14H17N3O2S/c1-9-14(20-8-16-9)13(17-15)10-3-4-11-12(7-10)19-6-2-5-18-11/h3-4,7-8,13,17H,2,5-6,15H2,1H3. The molecule has 5 nitrogen and oxygen atoms in total. The van der Waals surface area contributed by atoms with Crippen molar-refractivity contribution in [3.63, 3.8) is 0 Å². The van der Waals surface area contributed by atoms with Gasteiger partial charge in [0.05, 0.1) is 35.3 Å². The van der Waals surface area contributed by atoms with Gasteiger partial charge in [-0.15, -0.1) is 11.3 Å². The Bertz CT molecular complexity index is 600. The predicted molar refractivity (Wildman–Crippen MR) is 78.1 cm³/mol. The lowest BCUT2D eigenvalue weighted by Crippen LogP contribution is -2.28. The molecule has 1 aliphatic heterocycles. The average Bonchev–Trinajstić information content (AvgIpc) is 2.75. The lowest BCUT2D eigenvalue weighted by Gasteiger charge is -2.17. The van der Waals surface area contributed by atoms with Gasteiger partial charge in [-0.3, -0.25) is 5.84 Å². The number of rotatable bonds is 3. The van der Waals surface area contributed by atoms with Crippen LogP contribution in [0, 0.1) is 6.92 Å². The number of thiazole rings is 1. The summed E-state index contributed by atoms with van der Waals surface area (Å²) in [5, 5.41) is 0. The molecule has 0 amide bonds. The van der Waals surface area contributed by atoms with Crippen LogP contribution in [0.4, 0.5) is 0 Å². The number of nitrogens with one attached hydrogen (secondary N) is 1. The summed E-state index contributed by atoms with van der Waals surface area (Å²) in [5.74, 6) is 7.30. The number of aryl methyl sites for hydroxylation is 1. The average molecular weight is 291 g/mol. The number of benzene rings is 1. The van der Waals surface area contributed by atoms with Crippen molar-refractivity contribution in [1.29, 1.82) is 0 Å². The highest BCUT2D eigenvalue weighted by Gasteiger charge is 2.19. The number of hydrogen-bond donors (Lipinski definition) is 2. The van der Waals surface area contributed by atoms with Crippen LogP contribution in [0.1, 0.15) is 28.6 Å². The summed E-state index contributed by atoms with van der Waals surface area (Å²) in [6.07, 6.45) is 0.899. The van der Waals surface area contributed by atoms with E-state index in [4.69, 9.17) is 15.3 Å². The second-order valence-electron chi connectivity index (χ2n) is 4.66. The molecule has 0 saturated heterocycles. The van der Waals surface area contributed by atoms with Crippen LogP contribution in [0.25, 0.3) is 0 Å². The van der Waals surface area contributed by atoms with Crippen LogP contribution in [0.3, 0.4) is 0 Å². The van der Waals surface area contributed by atoms with Gasteiger partial charge in [0, 0.05) is 6.42 Å². The molecule has 0 radical (unpaired) electrons. The third-order valence-electron chi connectivity index (χ3n) is 3.32. The van der Waals surface area contributed by atoms with Gasteiger partial charge in [0.15, 0.2) is 11.5 Å². The van der Waals surface area contributed by atoms with Crippen molar-refractivity contribution in [1.82, 2.24) is 10.4 Å². The SMILES string of the molecule is Cc1ncsc1C(NN)c1ccc2c(c1)OCCCO2. The second kappa shape index (κ2) is 5.78. The molecule has 1 unspecified atom stereocenters. The molecule has 0 fully saturated rings. The first-order valence-corrected chi connectivity index (χ1v) is 7.43. The number of nitrogens with two attached hydrogens (primary N) is 1. The maximum Gasteiger partial charge on any atom is 0.161 e. The van der Waals surface area contributed by atoms with Gasteiger partial charge < -0.3 is 9.47 Å². The van der Waals surface area contributed by atoms with Crippen molar-refractivity contribution < 1.29 is 9.47 Å². The van der Waals surface area contributed by atoms with Gasteiger partial charge >= 0.3 is 0 Å². The smallest absolute Gasteiger partial charge is 0.161 e. The number of hydrogen-bond acceptors (Lipinski definition) is 6. The number of fused-ring (bicyclic) bond motifs is 1. The summed E-state index contributed by atoms with van der Waals surface area (Å²) < 4.78 is 11.4. The van der Waals surface area contributed by atoms with E-state index in [0.29, 0.717) is 13.2 Å². The monoisotopic (exact) mass is 291 g/mol. The fourth-order valence-electron chi connectivity index (χ4n) is 2.27. The van der Waals surface area contributed by atoms with Gasteiger partial charge in [0.25, 0.3) is 0 Å². The quantitative estimate of drug-likeness (QED) is 0.670. The lowest BCUT2D eigenvalue weighted by molar-refractivity contribution is 0.297. The Balaban J connectivity index is 1.96. The minimum atomic E-state index is -0.0837. The molecule has 20 heavy (non-hydrogen) atoms. The minimum Gasteiger partial charge on any atom is -0.490 e. The Kier molecular flexibility index (Phi) is 3.86. The summed E-state index contributed by atoms with van der Waals surface area (Å²) in [7, 11) is 0. The van der Waals surface area contributed by atoms with Crippen molar-refractivity contribution in [3.8, 4) is 11.5 Å². The summed E-state index contributed by atoms with van der Waals surface area (Å²) in [5.41, 5.74) is 6.73. The third kappa shape index (κ3) is 2.49. The molecule has 106 valence electrons. The largest absolute Gasteiger partial charge is 0.490 e. The highest BCUT2D eigenvalue weighted by Crippen LogP contribution is 2.35.